The first kappa shape index (κ1) is 24.3. The van der Waals surface area contributed by atoms with Crippen LogP contribution in [0.1, 0.15) is 101 Å². The Morgan fingerprint density at radius 2 is 2.10 bits per heavy atom. The van der Waals surface area contributed by atoms with E-state index in [1.54, 1.807) is 0 Å². The van der Waals surface area contributed by atoms with Crippen LogP contribution < -0.4 is 5.32 Å². The van der Waals surface area contributed by atoms with E-state index in [4.69, 9.17) is 5.11 Å². The summed E-state index contributed by atoms with van der Waals surface area (Å²) < 4.78 is 0. The Morgan fingerprint density at radius 1 is 1.29 bits per heavy atom. The van der Waals surface area contributed by atoms with E-state index in [0.717, 1.165) is 24.8 Å². The number of carbonyl (C=O) groups is 1. The van der Waals surface area contributed by atoms with Crippen molar-refractivity contribution in [3.63, 3.8) is 0 Å². The monoisotopic (exact) mass is 446 g/mol. The molecule has 2 heterocycles. The molecule has 3 unspecified atom stereocenters. The molecule has 5 heteroatoms. The van der Waals surface area contributed by atoms with Crippen molar-refractivity contribution in [2.45, 2.75) is 96.4 Å². The number of piperidine rings is 1. The average Bonchev–Trinajstić information content (AvgIpc) is 3.27. The third kappa shape index (κ3) is 6.58. The van der Waals surface area contributed by atoms with Gasteiger partial charge in [0.25, 0.3) is 0 Å². The van der Waals surface area contributed by atoms with Crippen molar-refractivity contribution in [1.29, 1.82) is 0 Å². The molecule has 2 N–H and O–H groups in total. The molecule has 1 amide bonds. The summed E-state index contributed by atoms with van der Waals surface area (Å²) in [6, 6.07) is 3.18. The van der Waals surface area contributed by atoms with Crippen LogP contribution >= 0.6 is 11.3 Å². The van der Waals surface area contributed by atoms with Crippen LogP contribution in [0.4, 0.5) is 0 Å². The van der Waals surface area contributed by atoms with E-state index in [1.165, 1.54) is 74.0 Å². The van der Waals surface area contributed by atoms with Gasteiger partial charge in [0, 0.05) is 47.1 Å². The van der Waals surface area contributed by atoms with Gasteiger partial charge in [-0.25, -0.2) is 0 Å². The fraction of sp³-hybridized carbons (Fsp3) is 0.731. The second-order valence-corrected chi connectivity index (χ2v) is 10.3. The van der Waals surface area contributed by atoms with Gasteiger partial charge < -0.3 is 15.3 Å². The lowest BCUT2D eigenvalue weighted by Crippen LogP contribution is -2.45. The van der Waals surface area contributed by atoms with Crippen LogP contribution in [0.3, 0.4) is 0 Å². The predicted octanol–water partition coefficient (Wildman–Crippen LogP) is 5.93. The van der Waals surface area contributed by atoms with Gasteiger partial charge in [-0.3, -0.25) is 4.79 Å². The minimum Gasteiger partial charge on any atom is -0.395 e. The van der Waals surface area contributed by atoms with E-state index in [1.807, 2.05) is 11.3 Å². The highest BCUT2D eigenvalue weighted by molar-refractivity contribution is 7.10. The molecular weight excluding hydrogens is 404 g/mol. The van der Waals surface area contributed by atoms with Gasteiger partial charge >= 0.3 is 0 Å². The SMILES string of the molecule is C/C=C(/c1csc(C(CCC)CCCC(=O)NCCO)c1)N1CCCC2CCCCC21. The molecule has 3 atom stereocenters. The highest BCUT2D eigenvalue weighted by atomic mass is 32.1. The maximum absolute atomic E-state index is 11.9. The standard InChI is InChI=1S/C26H42N2O2S/c1-3-9-21(11-7-14-26(30)27-15-17-29)25-18-22(19-31-25)23(4-2)28-16-8-12-20-10-5-6-13-24(20)28/h4,18-21,24,29H,3,5-17H2,1-2H3,(H,27,30)/b23-4-. The van der Waals surface area contributed by atoms with Crippen molar-refractivity contribution < 1.29 is 9.90 Å². The summed E-state index contributed by atoms with van der Waals surface area (Å²) in [4.78, 5) is 16.1. The van der Waals surface area contributed by atoms with Crippen LogP contribution in [0.25, 0.3) is 5.70 Å². The molecule has 0 spiro atoms. The lowest BCUT2D eigenvalue weighted by Gasteiger charge is -2.46. The van der Waals surface area contributed by atoms with Crippen LogP contribution in [0.5, 0.6) is 0 Å². The Labute approximate surface area is 193 Å². The molecule has 1 saturated carbocycles. The molecule has 174 valence electrons. The molecule has 0 bridgehead atoms. The summed E-state index contributed by atoms with van der Waals surface area (Å²) in [5.74, 6) is 1.48. The number of rotatable bonds is 11. The Hall–Kier alpha value is -1.33. The maximum Gasteiger partial charge on any atom is 0.220 e. The Kier molecular flexibility index (Phi) is 9.92. The molecule has 2 aliphatic rings. The van der Waals surface area contributed by atoms with Crippen LogP contribution in [0.15, 0.2) is 17.5 Å². The second-order valence-electron chi connectivity index (χ2n) is 9.31. The summed E-state index contributed by atoms with van der Waals surface area (Å²) in [5, 5.41) is 14.0. The highest BCUT2D eigenvalue weighted by Crippen LogP contribution is 2.41. The van der Waals surface area contributed by atoms with E-state index in [0.29, 0.717) is 18.9 Å². The number of hydrogen-bond donors (Lipinski definition) is 2. The number of hydrogen-bond acceptors (Lipinski definition) is 4. The molecule has 1 aliphatic carbocycles. The Morgan fingerprint density at radius 3 is 2.87 bits per heavy atom. The van der Waals surface area contributed by atoms with Crippen molar-refractivity contribution in [3.8, 4) is 0 Å². The molecule has 1 aromatic rings. The Balaban J connectivity index is 1.64. The lowest BCUT2D eigenvalue weighted by atomic mass is 9.78. The summed E-state index contributed by atoms with van der Waals surface area (Å²) in [6.45, 7) is 6.02. The van der Waals surface area contributed by atoms with Crippen LogP contribution in [-0.2, 0) is 4.79 Å². The first-order valence-corrected chi connectivity index (χ1v) is 13.4. The van der Waals surface area contributed by atoms with Gasteiger partial charge in [-0.2, -0.15) is 0 Å². The number of aliphatic hydroxyl groups excluding tert-OH is 1. The minimum absolute atomic E-state index is 0.00801. The van der Waals surface area contributed by atoms with Crippen LogP contribution in [0, 0.1) is 5.92 Å². The zero-order valence-electron chi connectivity index (χ0n) is 19.6. The van der Waals surface area contributed by atoms with E-state index >= 15 is 0 Å². The molecule has 31 heavy (non-hydrogen) atoms. The first-order chi connectivity index (χ1) is 15.2. The molecule has 0 radical (unpaired) electrons. The number of thiophene rings is 1. The summed E-state index contributed by atoms with van der Waals surface area (Å²) in [5.41, 5.74) is 2.84. The third-order valence-corrected chi connectivity index (χ3v) is 8.27. The summed E-state index contributed by atoms with van der Waals surface area (Å²) >= 11 is 1.91. The largest absolute Gasteiger partial charge is 0.395 e. The summed E-state index contributed by atoms with van der Waals surface area (Å²) in [6.07, 6.45) is 15.5. The number of nitrogens with one attached hydrogen (secondary N) is 1. The van der Waals surface area contributed by atoms with Gasteiger partial charge in [-0.1, -0.05) is 32.3 Å². The number of fused-ring (bicyclic) bond motifs is 1. The first-order valence-electron chi connectivity index (χ1n) is 12.6. The molecule has 4 nitrogen and oxygen atoms in total. The van der Waals surface area contributed by atoms with E-state index in [9.17, 15) is 4.79 Å². The van der Waals surface area contributed by atoms with Gasteiger partial charge in [-0.15, -0.1) is 11.3 Å². The quantitative estimate of drug-likeness (QED) is 0.443. The molecular formula is C26H42N2O2S. The Bertz CT molecular complexity index is 712. The van der Waals surface area contributed by atoms with Gasteiger partial charge in [0.1, 0.15) is 0 Å². The number of aliphatic hydroxyl groups is 1. The third-order valence-electron chi connectivity index (χ3n) is 7.17. The van der Waals surface area contributed by atoms with Crippen molar-refractivity contribution in [1.82, 2.24) is 10.2 Å². The number of likely N-dealkylation sites (tertiary alicyclic amines) is 1. The van der Waals surface area contributed by atoms with Crippen molar-refractivity contribution >= 4 is 22.9 Å². The molecule has 2 fully saturated rings. The zero-order chi connectivity index (χ0) is 22.1. The van der Waals surface area contributed by atoms with Crippen LogP contribution in [-0.4, -0.2) is 41.7 Å². The van der Waals surface area contributed by atoms with E-state index in [-0.39, 0.29) is 12.5 Å². The molecule has 1 aliphatic heterocycles. The van der Waals surface area contributed by atoms with Crippen molar-refractivity contribution in [2.75, 3.05) is 19.7 Å². The molecule has 0 aromatic carbocycles. The summed E-state index contributed by atoms with van der Waals surface area (Å²) in [7, 11) is 0. The van der Waals surface area contributed by atoms with Gasteiger partial charge in [0.15, 0.2) is 0 Å². The second kappa shape index (κ2) is 12.6. The predicted molar refractivity (Wildman–Crippen MR) is 131 cm³/mol. The molecule has 3 rings (SSSR count). The number of carbonyl (C=O) groups excluding carboxylic acids is 1. The molecule has 1 aromatic heterocycles. The van der Waals surface area contributed by atoms with Gasteiger partial charge in [-0.05, 0) is 69.8 Å². The van der Waals surface area contributed by atoms with Gasteiger partial charge in [0.2, 0.25) is 5.91 Å². The maximum atomic E-state index is 11.9. The smallest absolute Gasteiger partial charge is 0.220 e. The normalized spacial score (nSPS) is 22.8. The zero-order valence-corrected chi connectivity index (χ0v) is 20.4. The lowest BCUT2D eigenvalue weighted by molar-refractivity contribution is -0.121. The fourth-order valence-corrected chi connectivity index (χ4v) is 6.77. The van der Waals surface area contributed by atoms with Gasteiger partial charge in [0.05, 0.1) is 6.61 Å². The van der Waals surface area contributed by atoms with E-state index < -0.39 is 0 Å². The highest BCUT2D eigenvalue weighted by Gasteiger charge is 2.34. The average molecular weight is 447 g/mol. The number of nitrogens with zero attached hydrogens (tertiary/aromatic N) is 1. The van der Waals surface area contributed by atoms with Crippen molar-refractivity contribution in [3.05, 3.63) is 28.0 Å². The fourth-order valence-electron chi connectivity index (χ4n) is 5.69. The molecule has 1 saturated heterocycles. The number of allylic oxidation sites excluding steroid dienone is 1. The van der Waals surface area contributed by atoms with E-state index in [2.05, 4.69) is 41.6 Å². The number of amides is 1. The van der Waals surface area contributed by atoms with Crippen molar-refractivity contribution in [2.24, 2.45) is 5.92 Å². The topological polar surface area (TPSA) is 52.6 Å². The van der Waals surface area contributed by atoms with Crippen LogP contribution in [0.2, 0.25) is 0 Å². The minimum atomic E-state index is 0.00801.